The highest BCUT2D eigenvalue weighted by atomic mass is 16.2. The molecule has 1 amide bonds. The molecule has 0 aliphatic carbocycles. The summed E-state index contributed by atoms with van der Waals surface area (Å²) in [4.78, 5) is 14.0. The van der Waals surface area contributed by atoms with Gasteiger partial charge in [-0.25, -0.2) is 4.68 Å². The van der Waals surface area contributed by atoms with Crippen molar-refractivity contribution in [1.82, 2.24) is 19.9 Å². The molecule has 2 N–H and O–H groups in total. The summed E-state index contributed by atoms with van der Waals surface area (Å²) in [6.07, 6.45) is 1.71. The maximum absolute atomic E-state index is 12.2. The van der Waals surface area contributed by atoms with E-state index in [0.717, 1.165) is 0 Å². The summed E-state index contributed by atoms with van der Waals surface area (Å²) in [5.74, 6) is 0.0460. The van der Waals surface area contributed by atoms with Crippen molar-refractivity contribution < 1.29 is 4.79 Å². The summed E-state index contributed by atoms with van der Waals surface area (Å²) in [7, 11) is 0. The van der Waals surface area contributed by atoms with Crippen LogP contribution >= 0.6 is 0 Å². The van der Waals surface area contributed by atoms with Crippen LogP contribution in [-0.4, -0.2) is 25.8 Å². The SMILES string of the molecule is NCc1cn(CC(=O)N2Cc3ccccc3C2)nn1. The van der Waals surface area contributed by atoms with E-state index in [2.05, 4.69) is 22.4 Å². The molecule has 2 aromatic rings. The van der Waals surface area contributed by atoms with Crippen molar-refractivity contribution in [2.45, 2.75) is 26.2 Å². The molecule has 0 fully saturated rings. The van der Waals surface area contributed by atoms with Crippen molar-refractivity contribution >= 4 is 5.91 Å². The summed E-state index contributed by atoms with van der Waals surface area (Å²) >= 11 is 0. The monoisotopic (exact) mass is 257 g/mol. The fourth-order valence-corrected chi connectivity index (χ4v) is 2.26. The molecular weight excluding hydrogens is 242 g/mol. The number of nitrogens with zero attached hydrogens (tertiary/aromatic N) is 4. The van der Waals surface area contributed by atoms with Crippen LogP contribution in [0.2, 0.25) is 0 Å². The first-order chi connectivity index (χ1) is 9.26. The second kappa shape index (κ2) is 4.81. The predicted molar refractivity (Wildman–Crippen MR) is 68.6 cm³/mol. The smallest absolute Gasteiger partial charge is 0.244 e. The molecule has 0 spiro atoms. The lowest BCUT2D eigenvalue weighted by Crippen LogP contribution is -2.29. The van der Waals surface area contributed by atoms with Crippen molar-refractivity contribution in [2.75, 3.05) is 0 Å². The topological polar surface area (TPSA) is 77.0 Å². The van der Waals surface area contributed by atoms with E-state index in [1.54, 1.807) is 6.20 Å². The predicted octanol–water partition coefficient (Wildman–Crippen LogP) is 0.279. The van der Waals surface area contributed by atoms with Gasteiger partial charge in [0.05, 0.1) is 11.9 Å². The lowest BCUT2D eigenvalue weighted by atomic mass is 10.1. The molecule has 0 radical (unpaired) electrons. The average molecular weight is 257 g/mol. The van der Waals surface area contributed by atoms with Crippen molar-refractivity contribution in [2.24, 2.45) is 5.73 Å². The Bertz CT molecular complexity index is 582. The molecule has 1 aliphatic heterocycles. The van der Waals surface area contributed by atoms with E-state index in [0.29, 0.717) is 25.3 Å². The van der Waals surface area contributed by atoms with Gasteiger partial charge in [-0.15, -0.1) is 5.10 Å². The summed E-state index contributed by atoms with van der Waals surface area (Å²) < 4.78 is 1.54. The molecule has 0 atom stereocenters. The van der Waals surface area contributed by atoms with Gasteiger partial charge >= 0.3 is 0 Å². The molecule has 0 bridgehead atoms. The molecule has 19 heavy (non-hydrogen) atoms. The standard InChI is InChI=1S/C13H15N5O/c14-5-12-8-18(16-15-12)9-13(19)17-6-10-3-1-2-4-11(10)7-17/h1-4,8H,5-7,9,14H2. The molecular formula is C13H15N5O. The van der Waals surface area contributed by atoms with E-state index in [1.807, 2.05) is 17.0 Å². The Labute approximate surface area is 110 Å². The number of fused-ring (bicyclic) bond motifs is 1. The van der Waals surface area contributed by atoms with Gasteiger partial charge in [0.1, 0.15) is 6.54 Å². The average Bonchev–Trinajstić information content (AvgIpc) is 3.04. The van der Waals surface area contributed by atoms with Gasteiger partial charge in [-0.1, -0.05) is 29.5 Å². The Kier molecular flexibility index (Phi) is 3.00. The number of carbonyl (C=O) groups excluding carboxylic acids is 1. The van der Waals surface area contributed by atoms with Gasteiger partial charge in [-0.05, 0) is 11.1 Å². The Morgan fingerprint density at radius 2 is 1.95 bits per heavy atom. The number of carbonyl (C=O) groups is 1. The molecule has 0 unspecified atom stereocenters. The fraction of sp³-hybridized carbons (Fsp3) is 0.308. The van der Waals surface area contributed by atoms with Gasteiger partial charge in [0.2, 0.25) is 5.91 Å². The highest BCUT2D eigenvalue weighted by Gasteiger charge is 2.23. The van der Waals surface area contributed by atoms with Gasteiger partial charge < -0.3 is 10.6 Å². The van der Waals surface area contributed by atoms with Crippen LogP contribution in [0.1, 0.15) is 16.8 Å². The van der Waals surface area contributed by atoms with Crippen LogP contribution in [-0.2, 0) is 31.0 Å². The third kappa shape index (κ3) is 2.34. The molecule has 3 rings (SSSR count). The second-order valence-electron chi connectivity index (χ2n) is 4.63. The molecule has 1 aromatic heterocycles. The number of aromatic nitrogens is 3. The van der Waals surface area contributed by atoms with Gasteiger partial charge in [0.15, 0.2) is 0 Å². The van der Waals surface area contributed by atoms with E-state index >= 15 is 0 Å². The maximum atomic E-state index is 12.2. The van der Waals surface area contributed by atoms with E-state index in [-0.39, 0.29) is 12.5 Å². The van der Waals surface area contributed by atoms with E-state index < -0.39 is 0 Å². The zero-order chi connectivity index (χ0) is 13.2. The lowest BCUT2D eigenvalue weighted by molar-refractivity contribution is -0.132. The summed E-state index contributed by atoms with van der Waals surface area (Å²) in [6, 6.07) is 8.12. The Balaban J connectivity index is 1.66. The van der Waals surface area contributed by atoms with Crippen LogP contribution in [0, 0.1) is 0 Å². The van der Waals surface area contributed by atoms with Crippen molar-refractivity contribution in [3.63, 3.8) is 0 Å². The molecule has 6 nitrogen and oxygen atoms in total. The van der Waals surface area contributed by atoms with Gasteiger partial charge in [-0.3, -0.25) is 4.79 Å². The number of hydrogen-bond donors (Lipinski definition) is 1. The largest absolute Gasteiger partial charge is 0.332 e. The molecule has 6 heteroatoms. The minimum absolute atomic E-state index is 0.0460. The highest BCUT2D eigenvalue weighted by molar-refractivity contribution is 5.76. The Hall–Kier alpha value is -2.21. The van der Waals surface area contributed by atoms with Gasteiger partial charge in [0.25, 0.3) is 0 Å². The summed E-state index contributed by atoms with van der Waals surface area (Å²) in [5, 5.41) is 7.76. The maximum Gasteiger partial charge on any atom is 0.244 e. The first-order valence-electron chi connectivity index (χ1n) is 6.20. The van der Waals surface area contributed by atoms with Crippen LogP contribution in [0.25, 0.3) is 0 Å². The lowest BCUT2D eigenvalue weighted by Gasteiger charge is -2.14. The zero-order valence-corrected chi connectivity index (χ0v) is 10.5. The number of benzene rings is 1. The zero-order valence-electron chi connectivity index (χ0n) is 10.5. The van der Waals surface area contributed by atoms with Crippen molar-refractivity contribution in [3.05, 3.63) is 47.3 Å². The van der Waals surface area contributed by atoms with Crippen molar-refractivity contribution in [3.8, 4) is 0 Å². The highest BCUT2D eigenvalue weighted by Crippen LogP contribution is 2.22. The van der Waals surface area contributed by atoms with Crippen LogP contribution in [0.5, 0.6) is 0 Å². The summed E-state index contributed by atoms with van der Waals surface area (Å²) in [6.45, 7) is 1.89. The van der Waals surface area contributed by atoms with Crippen molar-refractivity contribution in [1.29, 1.82) is 0 Å². The fourth-order valence-electron chi connectivity index (χ4n) is 2.26. The quantitative estimate of drug-likeness (QED) is 0.856. The molecule has 1 aliphatic rings. The van der Waals surface area contributed by atoms with E-state index in [9.17, 15) is 4.79 Å². The first-order valence-corrected chi connectivity index (χ1v) is 6.20. The Morgan fingerprint density at radius 3 is 2.53 bits per heavy atom. The third-order valence-corrected chi connectivity index (χ3v) is 3.29. The minimum atomic E-state index is 0.0460. The van der Waals surface area contributed by atoms with Gasteiger partial charge in [-0.2, -0.15) is 0 Å². The van der Waals surface area contributed by atoms with Gasteiger partial charge in [0, 0.05) is 19.6 Å². The molecule has 98 valence electrons. The number of amides is 1. The minimum Gasteiger partial charge on any atom is -0.332 e. The van der Waals surface area contributed by atoms with Crippen LogP contribution in [0.3, 0.4) is 0 Å². The number of rotatable bonds is 3. The second-order valence-corrected chi connectivity index (χ2v) is 4.63. The number of hydrogen-bond acceptors (Lipinski definition) is 4. The Morgan fingerprint density at radius 1 is 1.26 bits per heavy atom. The molecule has 2 heterocycles. The molecule has 1 aromatic carbocycles. The normalized spacial score (nSPS) is 13.6. The summed E-state index contributed by atoms with van der Waals surface area (Å²) in [5.41, 5.74) is 8.59. The molecule has 0 saturated carbocycles. The third-order valence-electron chi connectivity index (χ3n) is 3.29. The van der Waals surface area contributed by atoms with Crippen LogP contribution < -0.4 is 5.73 Å². The van der Waals surface area contributed by atoms with E-state index in [1.165, 1.54) is 15.8 Å². The molecule has 0 saturated heterocycles. The van der Waals surface area contributed by atoms with Crippen LogP contribution in [0.15, 0.2) is 30.5 Å². The van der Waals surface area contributed by atoms with E-state index in [4.69, 9.17) is 5.73 Å². The number of nitrogens with two attached hydrogens (primary N) is 1. The van der Waals surface area contributed by atoms with Crippen LogP contribution in [0.4, 0.5) is 0 Å². The first kappa shape index (κ1) is 11.9.